The number of carbonyl (C=O) groups excluding carboxylic acids is 1. The van der Waals surface area contributed by atoms with Crippen LogP contribution in [0.5, 0.6) is 17.2 Å². The van der Waals surface area contributed by atoms with Gasteiger partial charge in [0.1, 0.15) is 17.2 Å². The number of pyridine rings is 1. The summed E-state index contributed by atoms with van der Waals surface area (Å²) in [5, 5.41) is 0.355. The number of hydrogen-bond donors (Lipinski definition) is 2. The third-order valence-corrected chi connectivity index (χ3v) is 3.62. The molecule has 7 heteroatoms. The quantitative estimate of drug-likeness (QED) is 0.418. The summed E-state index contributed by atoms with van der Waals surface area (Å²) >= 11 is 5.97. The van der Waals surface area contributed by atoms with E-state index >= 15 is 0 Å². The van der Waals surface area contributed by atoms with Crippen molar-refractivity contribution in [1.29, 1.82) is 0 Å². The number of nitrogens with two attached hydrogens (primary N) is 2. The maximum atomic E-state index is 12.3. The topological polar surface area (TPSA) is 100 Å². The van der Waals surface area contributed by atoms with Gasteiger partial charge in [0.05, 0.1) is 10.7 Å². The molecule has 0 saturated carbocycles. The van der Waals surface area contributed by atoms with E-state index in [4.69, 9.17) is 32.5 Å². The van der Waals surface area contributed by atoms with E-state index in [9.17, 15) is 4.79 Å². The third kappa shape index (κ3) is 3.81. The van der Waals surface area contributed by atoms with Crippen molar-refractivity contribution in [2.45, 2.75) is 0 Å². The Morgan fingerprint density at radius 3 is 2.48 bits per heavy atom. The molecule has 0 aliphatic carbocycles. The highest BCUT2D eigenvalue weighted by molar-refractivity contribution is 6.33. The van der Waals surface area contributed by atoms with Crippen LogP contribution < -0.4 is 20.9 Å². The number of ether oxygens (including phenoxy) is 2. The minimum atomic E-state index is -0.676. The number of carbonyl (C=O) groups is 1. The summed E-state index contributed by atoms with van der Waals surface area (Å²) in [7, 11) is 0. The number of rotatable bonds is 4. The predicted octanol–water partition coefficient (Wildman–Crippen LogP) is 3.91. The fraction of sp³-hybridized carbons (Fsp3) is 0. The summed E-state index contributed by atoms with van der Waals surface area (Å²) in [5.41, 5.74) is 12.1. The van der Waals surface area contributed by atoms with Crippen molar-refractivity contribution < 1.29 is 14.3 Å². The molecule has 0 radical (unpaired) electrons. The molecular weight excluding hydrogens is 342 g/mol. The highest BCUT2D eigenvalue weighted by Crippen LogP contribution is 2.32. The molecule has 1 heterocycles. The Morgan fingerprint density at radius 1 is 1.00 bits per heavy atom. The van der Waals surface area contributed by atoms with E-state index in [1.165, 1.54) is 6.20 Å². The Bertz CT molecular complexity index is 917. The number of esters is 1. The Morgan fingerprint density at radius 2 is 1.76 bits per heavy atom. The summed E-state index contributed by atoms with van der Waals surface area (Å²) in [4.78, 5) is 16.3. The number of benzene rings is 2. The molecule has 0 fully saturated rings. The smallest absolute Gasteiger partial charge is 0.364 e. The third-order valence-electron chi connectivity index (χ3n) is 3.30. The summed E-state index contributed by atoms with van der Waals surface area (Å²) in [5.74, 6) is 0.408. The van der Waals surface area contributed by atoms with Crippen LogP contribution >= 0.6 is 11.6 Å². The molecule has 0 atom stereocenters. The first kappa shape index (κ1) is 16.6. The number of halogens is 1. The molecule has 0 unspecified atom stereocenters. The number of para-hydroxylation sites is 1. The summed E-state index contributed by atoms with van der Waals surface area (Å²) in [6, 6.07) is 15.0. The highest BCUT2D eigenvalue weighted by atomic mass is 35.5. The average molecular weight is 356 g/mol. The zero-order valence-corrected chi connectivity index (χ0v) is 13.7. The predicted molar refractivity (Wildman–Crippen MR) is 96.0 cm³/mol. The van der Waals surface area contributed by atoms with Gasteiger partial charge < -0.3 is 20.9 Å². The standard InChI is InChI=1S/C18H14ClN3O3/c19-13-10-12(6-7-14(13)20)24-15-8-9-22-17(16(15)21)18(23)25-11-4-2-1-3-5-11/h1-10H,20-21H2. The zero-order chi connectivity index (χ0) is 17.8. The molecule has 0 aliphatic rings. The lowest BCUT2D eigenvalue weighted by atomic mass is 10.2. The van der Waals surface area contributed by atoms with Crippen molar-refractivity contribution in [1.82, 2.24) is 4.98 Å². The van der Waals surface area contributed by atoms with E-state index in [0.29, 0.717) is 22.2 Å². The van der Waals surface area contributed by atoms with Crippen LogP contribution in [0.3, 0.4) is 0 Å². The molecule has 3 rings (SSSR count). The normalized spacial score (nSPS) is 10.3. The van der Waals surface area contributed by atoms with Crippen molar-refractivity contribution in [3.8, 4) is 17.2 Å². The van der Waals surface area contributed by atoms with E-state index in [-0.39, 0.29) is 17.1 Å². The number of nitrogen functional groups attached to an aromatic ring is 2. The molecule has 1 aromatic heterocycles. The maximum absolute atomic E-state index is 12.3. The van der Waals surface area contributed by atoms with Crippen LogP contribution in [-0.2, 0) is 0 Å². The van der Waals surface area contributed by atoms with E-state index in [1.807, 2.05) is 6.07 Å². The highest BCUT2D eigenvalue weighted by Gasteiger charge is 2.18. The van der Waals surface area contributed by atoms with E-state index in [1.54, 1.807) is 48.5 Å². The molecule has 126 valence electrons. The van der Waals surface area contributed by atoms with Crippen LogP contribution in [0.1, 0.15) is 10.5 Å². The van der Waals surface area contributed by atoms with Crippen LogP contribution in [0.4, 0.5) is 11.4 Å². The number of aromatic nitrogens is 1. The average Bonchev–Trinajstić information content (AvgIpc) is 2.61. The van der Waals surface area contributed by atoms with Crippen molar-refractivity contribution >= 4 is 28.9 Å². The van der Waals surface area contributed by atoms with Gasteiger partial charge in [-0.25, -0.2) is 9.78 Å². The second kappa shape index (κ2) is 7.11. The second-order valence-corrected chi connectivity index (χ2v) is 5.47. The molecule has 0 saturated heterocycles. The van der Waals surface area contributed by atoms with Gasteiger partial charge in [0.2, 0.25) is 0 Å². The zero-order valence-electron chi connectivity index (χ0n) is 13.0. The lowest BCUT2D eigenvalue weighted by molar-refractivity contribution is 0.0729. The minimum Gasteiger partial charge on any atom is -0.455 e. The molecular formula is C18H14ClN3O3. The van der Waals surface area contributed by atoms with Crippen molar-refractivity contribution in [2.75, 3.05) is 11.5 Å². The SMILES string of the molecule is Nc1ccc(Oc2ccnc(C(=O)Oc3ccccc3)c2N)cc1Cl. The molecule has 0 amide bonds. The van der Waals surface area contributed by atoms with Gasteiger partial charge in [-0.05, 0) is 24.3 Å². The van der Waals surface area contributed by atoms with Gasteiger partial charge in [-0.2, -0.15) is 0 Å². The maximum Gasteiger partial charge on any atom is 0.364 e. The molecule has 0 bridgehead atoms. The monoisotopic (exact) mass is 355 g/mol. The molecule has 4 N–H and O–H groups in total. The molecule has 0 aliphatic heterocycles. The van der Waals surface area contributed by atoms with Gasteiger partial charge in [-0.3, -0.25) is 0 Å². The van der Waals surface area contributed by atoms with Gasteiger partial charge >= 0.3 is 5.97 Å². The summed E-state index contributed by atoms with van der Waals surface area (Å²) in [6.07, 6.45) is 1.41. The lowest BCUT2D eigenvalue weighted by Crippen LogP contribution is -2.13. The largest absolute Gasteiger partial charge is 0.455 e. The van der Waals surface area contributed by atoms with Crippen LogP contribution in [0.25, 0.3) is 0 Å². The molecule has 6 nitrogen and oxygen atoms in total. The van der Waals surface area contributed by atoms with E-state index < -0.39 is 5.97 Å². The Balaban J connectivity index is 1.84. The second-order valence-electron chi connectivity index (χ2n) is 5.06. The Hall–Kier alpha value is -3.25. The number of anilines is 2. The Kier molecular flexibility index (Phi) is 4.72. The minimum absolute atomic E-state index is 0.0390. The van der Waals surface area contributed by atoms with Crippen LogP contribution in [0, 0.1) is 0 Å². The number of hydrogen-bond acceptors (Lipinski definition) is 6. The molecule has 3 aromatic rings. The van der Waals surface area contributed by atoms with Gasteiger partial charge in [0, 0.05) is 18.3 Å². The lowest BCUT2D eigenvalue weighted by Gasteiger charge is -2.11. The summed E-state index contributed by atoms with van der Waals surface area (Å²) < 4.78 is 10.9. The van der Waals surface area contributed by atoms with Crippen LogP contribution in [-0.4, -0.2) is 11.0 Å². The first-order chi connectivity index (χ1) is 12.0. The molecule has 25 heavy (non-hydrogen) atoms. The first-order valence-corrected chi connectivity index (χ1v) is 7.67. The van der Waals surface area contributed by atoms with E-state index in [0.717, 1.165) is 0 Å². The van der Waals surface area contributed by atoms with Crippen molar-refractivity contribution in [3.63, 3.8) is 0 Å². The first-order valence-electron chi connectivity index (χ1n) is 7.29. The fourth-order valence-corrected chi connectivity index (χ4v) is 2.22. The van der Waals surface area contributed by atoms with Gasteiger partial charge in [0.15, 0.2) is 11.4 Å². The molecule has 0 spiro atoms. The Labute approximate surface area is 149 Å². The summed E-state index contributed by atoms with van der Waals surface area (Å²) in [6.45, 7) is 0. The van der Waals surface area contributed by atoms with Gasteiger partial charge in [0.25, 0.3) is 0 Å². The van der Waals surface area contributed by atoms with Crippen LogP contribution in [0.2, 0.25) is 5.02 Å². The van der Waals surface area contributed by atoms with E-state index in [2.05, 4.69) is 4.98 Å². The van der Waals surface area contributed by atoms with Crippen LogP contribution in [0.15, 0.2) is 60.8 Å². The van der Waals surface area contributed by atoms with Gasteiger partial charge in [-0.15, -0.1) is 0 Å². The molecule has 2 aromatic carbocycles. The van der Waals surface area contributed by atoms with Crippen molar-refractivity contribution in [3.05, 3.63) is 71.5 Å². The number of nitrogens with zero attached hydrogens (tertiary/aromatic N) is 1. The van der Waals surface area contributed by atoms with Gasteiger partial charge in [-0.1, -0.05) is 29.8 Å². The fourth-order valence-electron chi connectivity index (χ4n) is 2.05. The van der Waals surface area contributed by atoms with Crippen molar-refractivity contribution in [2.24, 2.45) is 0 Å².